The van der Waals surface area contributed by atoms with E-state index < -0.39 is 5.60 Å². The fraction of sp³-hybridized carbons (Fsp3) is 0.632. The van der Waals surface area contributed by atoms with E-state index in [1.165, 1.54) is 18.4 Å². The number of carbonyl (C=O) groups excluding carboxylic acids is 1. The largest absolute Gasteiger partial charge is 0.444 e. The molecule has 0 spiro atoms. The van der Waals surface area contributed by atoms with Gasteiger partial charge >= 0.3 is 6.09 Å². The summed E-state index contributed by atoms with van der Waals surface area (Å²) < 4.78 is 5.45. The number of hydrogen-bond acceptors (Lipinski definition) is 3. The van der Waals surface area contributed by atoms with E-state index in [9.17, 15) is 4.79 Å². The second-order valence-electron chi connectivity index (χ2n) is 7.24. The van der Waals surface area contributed by atoms with E-state index in [1.807, 2.05) is 27.7 Å². The molecule has 2 rings (SSSR count). The van der Waals surface area contributed by atoms with Crippen LogP contribution in [-0.4, -0.2) is 36.2 Å². The first-order valence-corrected chi connectivity index (χ1v) is 8.67. The lowest BCUT2D eigenvalue weighted by Gasteiger charge is -2.27. The van der Waals surface area contributed by atoms with E-state index in [4.69, 9.17) is 4.74 Å². The second kappa shape index (κ2) is 7.82. The Morgan fingerprint density at radius 1 is 1.30 bits per heavy atom. The standard InChI is InChI=1S/C19H30N2O2/c1-5-21(18(22)23-19(2,3)4)14-13-20-17(16-11-12-16)15-9-7-6-8-10-15/h6-10,16-17,20H,5,11-14H2,1-4H3. The Bertz CT molecular complexity index is 492. The lowest BCUT2D eigenvalue weighted by Crippen LogP contribution is -2.41. The lowest BCUT2D eigenvalue weighted by molar-refractivity contribution is 0.0260. The Kier molecular flexibility index (Phi) is 6.05. The molecule has 0 bridgehead atoms. The van der Waals surface area contributed by atoms with Gasteiger partial charge in [-0.1, -0.05) is 30.3 Å². The molecule has 1 aromatic carbocycles. The first-order chi connectivity index (χ1) is 10.9. The first-order valence-electron chi connectivity index (χ1n) is 8.67. The monoisotopic (exact) mass is 318 g/mol. The molecule has 1 aliphatic carbocycles. The molecule has 1 unspecified atom stereocenters. The number of amides is 1. The fourth-order valence-electron chi connectivity index (χ4n) is 2.71. The minimum Gasteiger partial charge on any atom is -0.444 e. The summed E-state index contributed by atoms with van der Waals surface area (Å²) >= 11 is 0. The number of likely N-dealkylation sites (N-methyl/N-ethyl adjacent to an activating group) is 1. The molecule has 1 aliphatic rings. The van der Waals surface area contributed by atoms with Gasteiger partial charge in [-0.3, -0.25) is 0 Å². The molecule has 0 radical (unpaired) electrons. The van der Waals surface area contributed by atoms with Crippen LogP contribution in [0.4, 0.5) is 4.79 Å². The normalized spacial score (nSPS) is 16.0. The molecule has 1 atom stereocenters. The van der Waals surface area contributed by atoms with Gasteiger partial charge in [0.15, 0.2) is 0 Å². The summed E-state index contributed by atoms with van der Waals surface area (Å²) in [4.78, 5) is 13.9. The highest BCUT2D eigenvalue weighted by Gasteiger charge is 2.32. The molecule has 1 aromatic rings. The quantitative estimate of drug-likeness (QED) is 0.826. The van der Waals surface area contributed by atoms with E-state index in [-0.39, 0.29) is 6.09 Å². The van der Waals surface area contributed by atoms with Crippen LogP contribution in [0, 0.1) is 5.92 Å². The number of nitrogens with one attached hydrogen (secondary N) is 1. The zero-order chi connectivity index (χ0) is 16.9. The van der Waals surface area contributed by atoms with Crippen LogP contribution < -0.4 is 5.32 Å². The van der Waals surface area contributed by atoms with Crippen molar-refractivity contribution in [3.63, 3.8) is 0 Å². The van der Waals surface area contributed by atoms with Crippen LogP contribution in [0.15, 0.2) is 30.3 Å². The Hall–Kier alpha value is -1.55. The lowest BCUT2D eigenvalue weighted by atomic mass is 10.0. The predicted molar refractivity (Wildman–Crippen MR) is 93.4 cm³/mol. The number of ether oxygens (including phenoxy) is 1. The van der Waals surface area contributed by atoms with Crippen LogP contribution in [0.3, 0.4) is 0 Å². The van der Waals surface area contributed by atoms with Gasteiger partial charge in [0.2, 0.25) is 0 Å². The zero-order valence-electron chi connectivity index (χ0n) is 14.8. The number of hydrogen-bond donors (Lipinski definition) is 1. The highest BCUT2D eigenvalue weighted by Crippen LogP contribution is 2.40. The molecule has 23 heavy (non-hydrogen) atoms. The minimum absolute atomic E-state index is 0.232. The van der Waals surface area contributed by atoms with Gasteiger partial charge in [0.25, 0.3) is 0 Å². The summed E-state index contributed by atoms with van der Waals surface area (Å²) in [5.41, 5.74) is 0.897. The Morgan fingerprint density at radius 3 is 2.48 bits per heavy atom. The molecule has 0 aliphatic heterocycles. The van der Waals surface area contributed by atoms with Crippen molar-refractivity contribution >= 4 is 6.09 Å². The van der Waals surface area contributed by atoms with Crippen molar-refractivity contribution in [1.82, 2.24) is 10.2 Å². The molecule has 0 saturated heterocycles. The molecule has 1 amide bonds. The van der Waals surface area contributed by atoms with Gasteiger partial charge in [-0.25, -0.2) is 4.79 Å². The van der Waals surface area contributed by atoms with Crippen LogP contribution in [0.2, 0.25) is 0 Å². The van der Waals surface area contributed by atoms with Crippen LogP contribution in [0.5, 0.6) is 0 Å². The minimum atomic E-state index is -0.446. The van der Waals surface area contributed by atoms with E-state index >= 15 is 0 Å². The Balaban J connectivity index is 1.85. The molecular formula is C19H30N2O2. The topological polar surface area (TPSA) is 41.6 Å². The van der Waals surface area contributed by atoms with Gasteiger partial charge in [-0.05, 0) is 52.0 Å². The Morgan fingerprint density at radius 2 is 1.96 bits per heavy atom. The molecule has 4 nitrogen and oxygen atoms in total. The molecule has 0 aromatic heterocycles. The van der Waals surface area contributed by atoms with Crippen molar-refractivity contribution in [3.8, 4) is 0 Å². The number of nitrogens with zero attached hydrogens (tertiary/aromatic N) is 1. The number of benzene rings is 1. The van der Waals surface area contributed by atoms with Crippen molar-refractivity contribution in [2.75, 3.05) is 19.6 Å². The van der Waals surface area contributed by atoms with Gasteiger partial charge in [0.1, 0.15) is 5.60 Å². The van der Waals surface area contributed by atoms with E-state index in [2.05, 4.69) is 35.6 Å². The third-order valence-electron chi connectivity index (χ3n) is 4.03. The van der Waals surface area contributed by atoms with Crippen LogP contribution in [0.1, 0.15) is 52.1 Å². The van der Waals surface area contributed by atoms with Crippen molar-refractivity contribution in [2.24, 2.45) is 5.92 Å². The van der Waals surface area contributed by atoms with Gasteiger partial charge in [-0.2, -0.15) is 0 Å². The fourth-order valence-corrected chi connectivity index (χ4v) is 2.71. The summed E-state index contributed by atoms with van der Waals surface area (Å²) in [7, 11) is 0. The van der Waals surface area contributed by atoms with Gasteiger partial charge < -0.3 is 15.0 Å². The summed E-state index contributed by atoms with van der Waals surface area (Å²) in [5, 5.41) is 3.63. The molecule has 1 fully saturated rings. The first kappa shape index (κ1) is 17.8. The highest BCUT2D eigenvalue weighted by molar-refractivity contribution is 5.68. The van der Waals surface area contributed by atoms with E-state index in [0.29, 0.717) is 19.1 Å². The van der Waals surface area contributed by atoms with Crippen molar-refractivity contribution in [3.05, 3.63) is 35.9 Å². The maximum atomic E-state index is 12.2. The summed E-state index contributed by atoms with van der Waals surface area (Å²) in [6.45, 7) is 9.79. The zero-order valence-corrected chi connectivity index (χ0v) is 14.8. The molecule has 4 heteroatoms. The van der Waals surface area contributed by atoms with Gasteiger partial charge in [0, 0.05) is 25.7 Å². The third kappa shape index (κ3) is 5.87. The van der Waals surface area contributed by atoms with Gasteiger partial charge in [0.05, 0.1) is 0 Å². The summed E-state index contributed by atoms with van der Waals surface area (Å²) in [5.74, 6) is 0.731. The third-order valence-corrected chi connectivity index (χ3v) is 4.03. The van der Waals surface area contributed by atoms with Crippen LogP contribution in [0.25, 0.3) is 0 Å². The maximum Gasteiger partial charge on any atom is 0.410 e. The van der Waals surface area contributed by atoms with E-state index in [0.717, 1.165) is 12.5 Å². The van der Waals surface area contributed by atoms with Crippen molar-refractivity contribution in [2.45, 2.75) is 52.2 Å². The maximum absolute atomic E-state index is 12.2. The van der Waals surface area contributed by atoms with E-state index in [1.54, 1.807) is 4.90 Å². The smallest absolute Gasteiger partial charge is 0.410 e. The van der Waals surface area contributed by atoms with Crippen molar-refractivity contribution in [1.29, 1.82) is 0 Å². The molecule has 1 saturated carbocycles. The SMILES string of the molecule is CCN(CCNC(c1ccccc1)C1CC1)C(=O)OC(C)(C)C. The van der Waals surface area contributed by atoms with Gasteiger partial charge in [-0.15, -0.1) is 0 Å². The molecular weight excluding hydrogens is 288 g/mol. The average molecular weight is 318 g/mol. The van der Waals surface area contributed by atoms with Crippen molar-refractivity contribution < 1.29 is 9.53 Å². The second-order valence-corrected chi connectivity index (χ2v) is 7.24. The predicted octanol–water partition coefficient (Wildman–Crippen LogP) is 3.98. The summed E-state index contributed by atoms with van der Waals surface area (Å²) in [6, 6.07) is 11.0. The Labute approximate surface area is 140 Å². The van der Waals surface area contributed by atoms with Crippen LogP contribution >= 0.6 is 0 Å². The van der Waals surface area contributed by atoms with Crippen LogP contribution in [-0.2, 0) is 4.74 Å². The molecule has 128 valence electrons. The highest BCUT2D eigenvalue weighted by atomic mass is 16.6. The molecule has 1 N–H and O–H groups in total. The summed E-state index contributed by atoms with van der Waals surface area (Å²) in [6.07, 6.45) is 2.34. The number of rotatable bonds is 7. The number of carbonyl (C=O) groups is 1. The molecule has 0 heterocycles. The average Bonchev–Trinajstić information content (AvgIpc) is 3.31.